The molecule has 1 aliphatic rings. The molecule has 1 aromatic heterocycles. The number of aromatic nitrogens is 2. The molecule has 1 aliphatic heterocycles. The zero-order valence-electron chi connectivity index (χ0n) is 10.9. The first kappa shape index (κ1) is 13.5. The van der Waals surface area contributed by atoms with Gasteiger partial charge in [0.15, 0.2) is 0 Å². The number of hydrogen-bond acceptors (Lipinski definition) is 5. The monoisotopic (exact) mass is 314 g/mol. The summed E-state index contributed by atoms with van der Waals surface area (Å²) >= 11 is 3.40. The van der Waals surface area contributed by atoms with Gasteiger partial charge in [0.2, 0.25) is 11.8 Å². The van der Waals surface area contributed by atoms with Crippen molar-refractivity contribution in [2.75, 3.05) is 44.7 Å². The topological polar surface area (TPSA) is 41.5 Å². The zero-order valence-corrected chi connectivity index (χ0v) is 12.5. The zero-order chi connectivity index (χ0) is 13.0. The predicted molar refractivity (Wildman–Crippen MR) is 75.2 cm³/mol. The summed E-state index contributed by atoms with van der Waals surface area (Å²) in [4.78, 5) is 13.4. The molecule has 6 heteroatoms. The Bertz CT molecular complexity index is 402. The Labute approximate surface area is 116 Å². The first-order valence-corrected chi connectivity index (χ1v) is 7.09. The standard InChI is InChI=1S/C12H19BrN4O/c1-3-18-11-10(13)9-14-12(15-11)17-6-4-5-16(2)7-8-17/h9H,3-8H2,1-2H3. The molecule has 0 unspecified atom stereocenters. The highest BCUT2D eigenvalue weighted by molar-refractivity contribution is 9.10. The molecule has 0 saturated carbocycles. The Hall–Kier alpha value is -0.880. The molecular weight excluding hydrogens is 296 g/mol. The van der Waals surface area contributed by atoms with E-state index in [9.17, 15) is 0 Å². The van der Waals surface area contributed by atoms with Crippen LogP contribution in [0.15, 0.2) is 10.7 Å². The molecule has 0 aromatic carbocycles. The van der Waals surface area contributed by atoms with Gasteiger partial charge in [-0.25, -0.2) is 4.98 Å². The SMILES string of the molecule is CCOc1nc(N2CCCN(C)CC2)ncc1Br. The maximum atomic E-state index is 5.49. The third-order valence-electron chi connectivity index (χ3n) is 2.98. The largest absolute Gasteiger partial charge is 0.477 e. The second-order valence-corrected chi connectivity index (χ2v) is 5.25. The second-order valence-electron chi connectivity index (χ2n) is 4.40. The minimum atomic E-state index is 0.609. The molecule has 0 N–H and O–H groups in total. The summed E-state index contributed by atoms with van der Waals surface area (Å²) < 4.78 is 6.29. The molecule has 18 heavy (non-hydrogen) atoms. The molecule has 1 aromatic rings. The van der Waals surface area contributed by atoms with Crippen molar-refractivity contribution in [1.82, 2.24) is 14.9 Å². The fourth-order valence-corrected chi connectivity index (χ4v) is 2.29. The van der Waals surface area contributed by atoms with Crippen molar-refractivity contribution in [2.45, 2.75) is 13.3 Å². The van der Waals surface area contributed by atoms with Gasteiger partial charge in [0, 0.05) is 19.6 Å². The lowest BCUT2D eigenvalue weighted by atomic mass is 10.4. The lowest BCUT2D eigenvalue weighted by Crippen LogP contribution is -2.30. The lowest BCUT2D eigenvalue weighted by Gasteiger charge is -2.20. The Balaban J connectivity index is 2.14. The van der Waals surface area contributed by atoms with Crippen LogP contribution in [0.1, 0.15) is 13.3 Å². The van der Waals surface area contributed by atoms with Crippen LogP contribution in [-0.2, 0) is 0 Å². The van der Waals surface area contributed by atoms with Crippen LogP contribution >= 0.6 is 15.9 Å². The fourth-order valence-electron chi connectivity index (χ4n) is 1.98. The van der Waals surface area contributed by atoms with E-state index >= 15 is 0 Å². The van der Waals surface area contributed by atoms with Crippen LogP contribution in [0.3, 0.4) is 0 Å². The molecule has 5 nitrogen and oxygen atoms in total. The molecule has 0 atom stereocenters. The van der Waals surface area contributed by atoms with Gasteiger partial charge >= 0.3 is 0 Å². The first-order valence-electron chi connectivity index (χ1n) is 6.29. The summed E-state index contributed by atoms with van der Waals surface area (Å²) in [5.41, 5.74) is 0. The molecule has 100 valence electrons. The number of hydrogen-bond donors (Lipinski definition) is 0. The molecule has 0 amide bonds. The summed E-state index contributed by atoms with van der Waals surface area (Å²) in [6, 6.07) is 0. The van der Waals surface area contributed by atoms with Crippen molar-refractivity contribution >= 4 is 21.9 Å². The molecule has 2 rings (SSSR count). The molecule has 0 radical (unpaired) electrons. The molecular formula is C12H19BrN4O. The van der Waals surface area contributed by atoms with Gasteiger partial charge in [-0.2, -0.15) is 4.98 Å². The molecule has 0 spiro atoms. The molecule has 0 bridgehead atoms. The summed E-state index contributed by atoms with van der Waals surface area (Å²) in [5.74, 6) is 1.39. The maximum absolute atomic E-state index is 5.49. The van der Waals surface area contributed by atoms with Gasteiger partial charge in [-0.15, -0.1) is 0 Å². The second kappa shape index (κ2) is 6.33. The Kier molecular flexibility index (Phi) is 4.77. The Morgan fingerprint density at radius 1 is 1.33 bits per heavy atom. The van der Waals surface area contributed by atoms with E-state index in [0.29, 0.717) is 12.5 Å². The van der Waals surface area contributed by atoms with Gasteiger partial charge in [0.25, 0.3) is 0 Å². The Morgan fingerprint density at radius 3 is 2.94 bits per heavy atom. The third-order valence-corrected chi connectivity index (χ3v) is 3.53. The van der Waals surface area contributed by atoms with Crippen LogP contribution in [0, 0.1) is 0 Å². The van der Waals surface area contributed by atoms with Gasteiger partial charge in [-0.05, 0) is 42.9 Å². The smallest absolute Gasteiger partial charge is 0.232 e. The van der Waals surface area contributed by atoms with E-state index in [-0.39, 0.29) is 0 Å². The van der Waals surface area contributed by atoms with Gasteiger partial charge < -0.3 is 14.5 Å². The summed E-state index contributed by atoms with van der Waals surface area (Å²) in [7, 11) is 2.15. The fraction of sp³-hybridized carbons (Fsp3) is 0.667. The molecule has 1 fully saturated rings. The van der Waals surface area contributed by atoms with Gasteiger partial charge in [0.1, 0.15) is 0 Å². The number of halogens is 1. The number of anilines is 1. The van der Waals surface area contributed by atoms with Crippen LogP contribution in [0.5, 0.6) is 5.88 Å². The van der Waals surface area contributed by atoms with Crippen LogP contribution in [0.25, 0.3) is 0 Å². The molecule has 0 aliphatic carbocycles. The van der Waals surface area contributed by atoms with Crippen LogP contribution in [0.2, 0.25) is 0 Å². The van der Waals surface area contributed by atoms with E-state index in [1.807, 2.05) is 6.92 Å². The molecule has 1 saturated heterocycles. The van der Waals surface area contributed by atoms with Crippen molar-refractivity contribution < 1.29 is 4.74 Å². The van der Waals surface area contributed by atoms with Gasteiger partial charge in [-0.1, -0.05) is 0 Å². The molecule has 2 heterocycles. The number of rotatable bonds is 3. The third kappa shape index (κ3) is 3.32. The minimum Gasteiger partial charge on any atom is -0.477 e. The predicted octanol–water partition coefficient (Wildman–Crippen LogP) is 1.78. The van der Waals surface area contributed by atoms with E-state index in [4.69, 9.17) is 4.74 Å². The van der Waals surface area contributed by atoms with Gasteiger partial charge in [0.05, 0.1) is 17.3 Å². The summed E-state index contributed by atoms with van der Waals surface area (Å²) in [5, 5.41) is 0. The van der Waals surface area contributed by atoms with E-state index in [1.54, 1.807) is 6.20 Å². The van der Waals surface area contributed by atoms with E-state index in [1.165, 1.54) is 0 Å². The number of nitrogens with zero attached hydrogens (tertiary/aromatic N) is 4. The normalized spacial score (nSPS) is 17.6. The van der Waals surface area contributed by atoms with Crippen molar-refractivity contribution in [2.24, 2.45) is 0 Å². The summed E-state index contributed by atoms with van der Waals surface area (Å²) in [6.45, 7) is 6.70. The number of likely N-dealkylation sites (N-methyl/N-ethyl adjacent to an activating group) is 1. The van der Waals surface area contributed by atoms with Crippen LogP contribution in [0.4, 0.5) is 5.95 Å². The maximum Gasteiger partial charge on any atom is 0.232 e. The average molecular weight is 315 g/mol. The van der Waals surface area contributed by atoms with Crippen molar-refractivity contribution in [3.63, 3.8) is 0 Å². The van der Waals surface area contributed by atoms with Crippen molar-refractivity contribution in [1.29, 1.82) is 0 Å². The van der Waals surface area contributed by atoms with Crippen molar-refractivity contribution in [3.8, 4) is 5.88 Å². The quantitative estimate of drug-likeness (QED) is 0.850. The Morgan fingerprint density at radius 2 is 2.17 bits per heavy atom. The average Bonchev–Trinajstić information content (AvgIpc) is 2.57. The van der Waals surface area contributed by atoms with E-state index in [2.05, 4.69) is 42.7 Å². The van der Waals surface area contributed by atoms with Crippen LogP contribution in [-0.4, -0.2) is 54.7 Å². The highest BCUT2D eigenvalue weighted by Crippen LogP contribution is 2.24. The van der Waals surface area contributed by atoms with E-state index in [0.717, 1.165) is 43.0 Å². The highest BCUT2D eigenvalue weighted by Gasteiger charge is 2.16. The van der Waals surface area contributed by atoms with E-state index < -0.39 is 0 Å². The minimum absolute atomic E-state index is 0.609. The van der Waals surface area contributed by atoms with Crippen LogP contribution < -0.4 is 9.64 Å². The lowest BCUT2D eigenvalue weighted by molar-refractivity contribution is 0.323. The summed E-state index contributed by atoms with van der Waals surface area (Å²) in [6.07, 6.45) is 2.90. The van der Waals surface area contributed by atoms with Crippen molar-refractivity contribution in [3.05, 3.63) is 10.7 Å². The first-order chi connectivity index (χ1) is 8.70. The highest BCUT2D eigenvalue weighted by atomic mass is 79.9. The number of ether oxygens (including phenoxy) is 1. The van der Waals surface area contributed by atoms with Gasteiger partial charge in [-0.3, -0.25) is 0 Å².